The number of fused-ring (bicyclic) bond motifs is 1. The zero-order chi connectivity index (χ0) is 19.7. The maximum absolute atomic E-state index is 12.0. The van der Waals surface area contributed by atoms with Gasteiger partial charge in [0, 0.05) is 24.0 Å². The minimum Gasteiger partial charge on any atom is -0.423 e. The lowest BCUT2D eigenvalue weighted by atomic mass is 10.0. The average molecular weight is 374 g/mol. The molecule has 1 atom stereocenters. The minimum atomic E-state index is -0.314. The van der Waals surface area contributed by atoms with Crippen LogP contribution in [0.1, 0.15) is 29.7 Å². The van der Waals surface area contributed by atoms with Crippen molar-refractivity contribution in [1.82, 2.24) is 19.7 Å². The zero-order valence-electron chi connectivity index (χ0n) is 16.2. The van der Waals surface area contributed by atoms with Crippen LogP contribution in [0, 0.1) is 6.92 Å². The highest BCUT2D eigenvalue weighted by Gasteiger charge is 2.15. The van der Waals surface area contributed by atoms with Crippen LogP contribution in [0.2, 0.25) is 0 Å². The molecular formula is C22H22N4O2. The number of benzene rings is 2. The van der Waals surface area contributed by atoms with Crippen LogP contribution in [0.4, 0.5) is 0 Å². The molecule has 0 saturated heterocycles. The first-order valence-electron chi connectivity index (χ1n) is 9.20. The molecule has 2 aromatic heterocycles. The number of hydrogen-bond acceptors (Lipinski definition) is 5. The van der Waals surface area contributed by atoms with Crippen LogP contribution in [0.25, 0.3) is 16.7 Å². The molecule has 0 spiro atoms. The third-order valence-electron chi connectivity index (χ3n) is 5.13. The summed E-state index contributed by atoms with van der Waals surface area (Å²) in [6, 6.07) is 16.0. The first-order chi connectivity index (χ1) is 13.5. The number of hydrogen-bond donors (Lipinski definition) is 0. The largest absolute Gasteiger partial charge is 0.423 e. The molecule has 0 saturated carbocycles. The van der Waals surface area contributed by atoms with Crippen molar-refractivity contribution in [2.45, 2.75) is 26.4 Å². The van der Waals surface area contributed by atoms with E-state index in [2.05, 4.69) is 41.1 Å². The van der Waals surface area contributed by atoms with Crippen LogP contribution < -0.4 is 5.63 Å². The van der Waals surface area contributed by atoms with Gasteiger partial charge in [0.2, 0.25) is 0 Å². The van der Waals surface area contributed by atoms with E-state index in [1.54, 1.807) is 17.1 Å². The second kappa shape index (κ2) is 7.40. The van der Waals surface area contributed by atoms with Crippen molar-refractivity contribution in [3.63, 3.8) is 0 Å². The lowest BCUT2D eigenvalue weighted by molar-refractivity contribution is 0.253. The molecule has 2 heterocycles. The third-order valence-corrected chi connectivity index (χ3v) is 5.13. The molecule has 0 aliphatic heterocycles. The second-order valence-electron chi connectivity index (χ2n) is 7.11. The van der Waals surface area contributed by atoms with Crippen molar-refractivity contribution in [2.24, 2.45) is 0 Å². The summed E-state index contributed by atoms with van der Waals surface area (Å²) in [5.74, 6) is 0. The van der Waals surface area contributed by atoms with Crippen molar-refractivity contribution < 1.29 is 4.42 Å². The smallest absolute Gasteiger partial charge is 0.336 e. The van der Waals surface area contributed by atoms with Gasteiger partial charge in [-0.15, -0.1) is 0 Å². The van der Waals surface area contributed by atoms with Gasteiger partial charge in [-0.1, -0.05) is 24.3 Å². The van der Waals surface area contributed by atoms with E-state index in [0.717, 1.165) is 22.2 Å². The SMILES string of the molecule is Cc1ccc2c(CN(C)[C@@H](C)c3ccc(-n4cncn4)cc3)cc(=O)oc2c1. The Balaban J connectivity index is 1.57. The highest BCUT2D eigenvalue weighted by atomic mass is 16.4. The van der Waals surface area contributed by atoms with E-state index in [1.807, 2.05) is 37.3 Å². The molecule has 0 N–H and O–H groups in total. The Hall–Kier alpha value is -3.25. The predicted molar refractivity (Wildman–Crippen MR) is 108 cm³/mol. The van der Waals surface area contributed by atoms with Gasteiger partial charge in [0.1, 0.15) is 18.2 Å². The zero-order valence-corrected chi connectivity index (χ0v) is 16.2. The third kappa shape index (κ3) is 3.59. The van der Waals surface area contributed by atoms with Gasteiger partial charge in [-0.2, -0.15) is 5.10 Å². The predicted octanol–water partition coefficient (Wildman–Crippen LogP) is 3.88. The molecule has 4 rings (SSSR count). The van der Waals surface area contributed by atoms with E-state index < -0.39 is 0 Å². The van der Waals surface area contributed by atoms with Gasteiger partial charge in [0.15, 0.2) is 0 Å². The van der Waals surface area contributed by atoms with Gasteiger partial charge in [-0.05, 0) is 55.8 Å². The molecule has 4 aromatic rings. The number of aryl methyl sites for hydroxylation is 1. The average Bonchev–Trinajstić information content (AvgIpc) is 3.21. The van der Waals surface area contributed by atoms with E-state index in [4.69, 9.17) is 4.42 Å². The molecule has 0 amide bonds. The van der Waals surface area contributed by atoms with Gasteiger partial charge in [0.25, 0.3) is 0 Å². The second-order valence-corrected chi connectivity index (χ2v) is 7.11. The van der Waals surface area contributed by atoms with Crippen molar-refractivity contribution in [1.29, 1.82) is 0 Å². The molecule has 0 fully saturated rings. The van der Waals surface area contributed by atoms with Crippen LogP contribution >= 0.6 is 0 Å². The van der Waals surface area contributed by atoms with Gasteiger partial charge in [-0.25, -0.2) is 14.5 Å². The molecule has 6 heteroatoms. The van der Waals surface area contributed by atoms with E-state index in [1.165, 1.54) is 11.9 Å². The van der Waals surface area contributed by atoms with Crippen molar-refractivity contribution in [2.75, 3.05) is 7.05 Å². The van der Waals surface area contributed by atoms with Gasteiger partial charge in [-0.3, -0.25) is 4.90 Å². The Morgan fingerprint density at radius 2 is 1.93 bits per heavy atom. The van der Waals surface area contributed by atoms with Crippen LogP contribution in [-0.2, 0) is 6.54 Å². The molecule has 28 heavy (non-hydrogen) atoms. The Morgan fingerprint density at radius 1 is 1.14 bits per heavy atom. The van der Waals surface area contributed by atoms with E-state index in [0.29, 0.717) is 12.1 Å². The molecular weight excluding hydrogens is 352 g/mol. The molecule has 142 valence electrons. The molecule has 0 bridgehead atoms. The number of aromatic nitrogens is 3. The lowest BCUT2D eigenvalue weighted by Gasteiger charge is -2.25. The fraction of sp³-hybridized carbons (Fsp3) is 0.227. The highest BCUT2D eigenvalue weighted by Crippen LogP contribution is 2.25. The Bertz CT molecular complexity index is 1150. The fourth-order valence-corrected chi connectivity index (χ4v) is 3.38. The number of nitrogens with zero attached hydrogens (tertiary/aromatic N) is 4. The number of rotatable bonds is 5. The van der Waals surface area contributed by atoms with Gasteiger partial charge < -0.3 is 4.42 Å². The summed E-state index contributed by atoms with van der Waals surface area (Å²) in [5, 5.41) is 5.13. The Morgan fingerprint density at radius 3 is 2.64 bits per heavy atom. The lowest BCUT2D eigenvalue weighted by Crippen LogP contribution is -2.22. The fourth-order valence-electron chi connectivity index (χ4n) is 3.38. The van der Waals surface area contributed by atoms with E-state index in [9.17, 15) is 4.79 Å². The summed E-state index contributed by atoms with van der Waals surface area (Å²) in [7, 11) is 2.06. The van der Waals surface area contributed by atoms with E-state index in [-0.39, 0.29) is 11.7 Å². The maximum atomic E-state index is 12.0. The Kier molecular flexibility index (Phi) is 4.79. The molecule has 2 aromatic carbocycles. The Labute approximate surface area is 163 Å². The van der Waals surface area contributed by atoms with Gasteiger partial charge >= 0.3 is 5.63 Å². The van der Waals surface area contributed by atoms with Crippen molar-refractivity contribution in [3.8, 4) is 5.69 Å². The van der Waals surface area contributed by atoms with Crippen LogP contribution in [0.3, 0.4) is 0 Å². The van der Waals surface area contributed by atoms with Crippen LogP contribution in [-0.4, -0.2) is 26.7 Å². The minimum absolute atomic E-state index is 0.178. The quantitative estimate of drug-likeness (QED) is 0.496. The normalized spacial score (nSPS) is 12.6. The van der Waals surface area contributed by atoms with E-state index >= 15 is 0 Å². The van der Waals surface area contributed by atoms with Gasteiger partial charge in [0.05, 0.1) is 5.69 Å². The van der Waals surface area contributed by atoms with Crippen molar-refractivity contribution in [3.05, 3.63) is 88.3 Å². The molecule has 6 nitrogen and oxygen atoms in total. The topological polar surface area (TPSA) is 64.2 Å². The summed E-state index contributed by atoms with van der Waals surface area (Å²) < 4.78 is 7.10. The summed E-state index contributed by atoms with van der Waals surface area (Å²) in [4.78, 5) is 18.2. The first kappa shape index (κ1) is 18.1. The molecule has 0 aliphatic rings. The monoisotopic (exact) mass is 374 g/mol. The van der Waals surface area contributed by atoms with Crippen LogP contribution in [0.5, 0.6) is 0 Å². The maximum Gasteiger partial charge on any atom is 0.336 e. The van der Waals surface area contributed by atoms with Crippen LogP contribution in [0.15, 0.2) is 70.4 Å². The van der Waals surface area contributed by atoms with Crippen molar-refractivity contribution >= 4 is 11.0 Å². The summed E-state index contributed by atoms with van der Waals surface area (Å²) in [6.45, 7) is 4.79. The summed E-state index contributed by atoms with van der Waals surface area (Å²) in [6.07, 6.45) is 3.20. The summed E-state index contributed by atoms with van der Waals surface area (Å²) >= 11 is 0. The molecule has 0 radical (unpaired) electrons. The molecule has 0 aliphatic carbocycles. The first-order valence-corrected chi connectivity index (χ1v) is 9.20. The molecule has 0 unspecified atom stereocenters. The highest BCUT2D eigenvalue weighted by molar-refractivity contribution is 5.80. The standard InChI is InChI=1S/C22H22N4O2/c1-15-4-9-20-18(11-22(27)28-21(20)10-15)12-25(3)16(2)17-5-7-19(8-6-17)26-14-23-13-24-26/h4-11,13-14,16H,12H2,1-3H3/t16-/m0/s1. The summed E-state index contributed by atoms with van der Waals surface area (Å²) in [5.41, 5.74) is 4.53.